The molecule has 0 spiro atoms. The van der Waals surface area contributed by atoms with Gasteiger partial charge in [-0.05, 0) is 56.4 Å². The van der Waals surface area contributed by atoms with Crippen LogP contribution < -0.4 is 4.74 Å². The van der Waals surface area contributed by atoms with E-state index in [2.05, 4.69) is 0 Å². The Morgan fingerprint density at radius 2 is 1.61 bits per heavy atom. The molecule has 1 aromatic carbocycles. The van der Waals surface area contributed by atoms with Gasteiger partial charge >= 0.3 is 0 Å². The van der Waals surface area contributed by atoms with Gasteiger partial charge in [0, 0.05) is 32.1 Å². The van der Waals surface area contributed by atoms with Gasteiger partial charge in [0.2, 0.25) is 15.9 Å². The molecule has 156 valence electrons. The van der Waals surface area contributed by atoms with E-state index in [1.165, 1.54) is 10.7 Å². The summed E-state index contributed by atoms with van der Waals surface area (Å²) in [6, 6.07) is 1.79. The number of piperazine rings is 1. The largest absolute Gasteiger partial charge is 0.496 e. The fourth-order valence-corrected chi connectivity index (χ4v) is 6.42. The number of hydrogen-bond donors (Lipinski definition) is 0. The molecule has 0 atom stereocenters. The highest BCUT2D eigenvalue weighted by Gasteiger charge is 2.34. The lowest BCUT2D eigenvalue weighted by molar-refractivity contribution is -0.137. The Labute approximate surface area is 168 Å². The van der Waals surface area contributed by atoms with Gasteiger partial charge in [0.15, 0.2) is 0 Å². The van der Waals surface area contributed by atoms with Crippen LogP contribution in [0.4, 0.5) is 0 Å². The summed E-state index contributed by atoms with van der Waals surface area (Å²) in [5, 5.41) is 0. The Hall–Kier alpha value is -1.60. The Balaban J connectivity index is 1.75. The third-order valence-electron chi connectivity index (χ3n) is 6.30. The lowest BCUT2D eigenvalue weighted by Crippen LogP contribution is -2.52. The van der Waals surface area contributed by atoms with E-state index in [1.54, 1.807) is 13.2 Å². The zero-order chi connectivity index (χ0) is 20.5. The Kier molecular flexibility index (Phi) is 6.34. The minimum Gasteiger partial charge on any atom is -0.496 e. The van der Waals surface area contributed by atoms with Crippen LogP contribution in [0.2, 0.25) is 0 Å². The van der Waals surface area contributed by atoms with Crippen molar-refractivity contribution < 1.29 is 17.9 Å². The number of hydrogen-bond acceptors (Lipinski definition) is 4. The van der Waals surface area contributed by atoms with Crippen molar-refractivity contribution in [2.24, 2.45) is 5.92 Å². The molecule has 0 radical (unpaired) electrons. The number of amides is 1. The van der Waals surface area contributed by atoms with Crippen molar-refractivity contribution in [1.82, 2.24) is 9.21 Å². The maximum absolute atomic E-state index is 13.3. The van der Waals surface area contributed by atoms with Crippen molar-refractivity contribution in [1.29, 1.82) is 0 Å². The lowest BCUT2D eigenvalue weighted by atomic mass is 9.88. The molecular weight excluding hydrogens is 376 g/mol. The third kappa shape index (κ3) is 3.92. The first-order valence-corrected chi connectivity index (χ1v) is 11.6. The van der Waals surface area contributed by atoms with Gasteiger partial charge in [0.1, 0.15) is 5.75 Å². The second-order valence-electron chi connectivity index (χ2n) is 8.04. The van der Waals surface area contributed by atoms with Crippen LogP contribution in [0.5, 0.6) is 5.75 Å². The van der Waals surface area contributed by atoms with Crippen LogP contribution in [0.1, 0.15) is 48.8 Å². The van der Waals surface area contributed by atoms with Gasteiger partial charge < -0.3 is 9.64 Å². The maximum Gasteiger partial charge on any atom is 0.243 e. The van der Waals surface area contributed by atoms with Gasteiger partial charge in [0.05, 0.1) is 12.0 Å². The molecule has 3 rings (SSSR count). The molecular formula is C21H32N2O4S. The number of sulfonamides is 1. The predicted molar refractivity (Wildman–Crippen MR) is 109 cm³/mol. The van der Waals surface area contributed by atoms with Crippen LogP contribution in [-0.4, -0.2) is 56.8 Å². The molecule has 1 aliphatic heterocycles. The van der Waals surface area contributed by atoms with Crippen LogP contribution in [0.25, 0.3) is 0 Å². The lowest BCUT2D eigenvalue weighted by Gasteiger charge is -2.37. The van der Waals surface area contributed by atoms with Crippen molar-refractivity contribution in [2.75, 3.05) is 33.3 Å². The molecule has 1 heterocycles. The summed E-state index contributed by atoms with van der Waals surface area (Å²) < 4.78 is 33.6. The average Bonchev–Trinajstić information content (AvgIpc) is 2.70. The minimum atomic E-state index is -3.61. The summed E-state index contributed by atoms with van der Waals surface area (Å²) >= 11 is 0. The molecule has 6 nitrogen and oxygen atoms in total. The molecule has 1 saturated carbocycles. The first-order chi connectivity index (χ1) is 13.3. The number of benzene rings is 1. The number of aryl methyl sites for hydroxylation is 1. The quantitative estimate of drug-likeness (QED) is 0.768. The van der Waals surface area contributed by atoms with Gasteiger partial charge in [-0.15, -0.1) is 0 Å². The van der Waals surface area contributed by atoms with Gasteiger partial charge in [-0.1, -0.05) is 19.3 Å². The van der Waals surface area contributed by atoms with E-state index >= 15 is 0 Å². The second-order valence-corrected chi connectivity index (χ2v) is 9.91. The van der Waals surface area contributed by atoms with E-state index in [9.17, 15) is 13.2 Å². The highest BCUT2D eigenvalue weighted by Crippen LogP contribution is 2.33. The van der Waals surface area contributed by atoms with E-state index in [1.807, 2.05) is 25.7 Å². The number of carbonyl (C=O) groups excluding carboxylic acids is 1. The number of methoxy groups -OCH3 is 1. The van der Waals surface area contributed by atoms with E-state index in [-0.39, 0.29) is 11.8 Å². The summed E-state index contributed by atoms with van der Waals surface area (Å²) in [4.78, 5) is 15.0. The number of ether oxygens (including phenoxy) is 1. The highest BCUT2D eigenvalue weighted by molar-refractivity contribution is 7.89. The number of rotatable bonds is 4. The molecule has 28 heavy (non-hydrogen) atoms. The molecule has 1 aliphatic carbocycles. The molecule has 1 aromatic rings. The molecule has 7 heteroatoms. The van der Waals surface area contributed by atoms with Crippen LogP contribution in [0.15, 0.2) is 11.0 Å². The summed E-state index contributed by atoms with van der Waals surface area (Å²) in [7, 11) is -2.01. The normalized spacial score (nSPS) is 19.6. The Bertz CT molecular complexity index is 836. The number of carbonyl (C=O) groups is 1. The fraction of sp³-hybridized carbons (Fsp3) is 0.667. The van der Waals surface area contributed by atoms with Crippen LogP contribution in [0, 0.1) is 26.7 Å². The molecule has 2 aliphatic rings. The Morgan fingerprint density at radius 1 is 1.00 bits per heavy atom. The molecule has 1 amide bonds. The van der Waals surface area contributed by atoms with Crippen LogP contribution in [-0.2, 0) is 14.8 Å². The Morgan fingerprint density at radius 3 is 2.18 bits per heavy atom. The van der Waals surface area contributed by atoms with E-state index < -0.39 is 10.0 Å². The minimum absolute atomic E-state index is 0.130. The predicted octanol–water partition coefficient (Wildman–Crippen LogP) is 3.03. The van der Waals surface area contributed by atoms with Gasteiger partial charge in [-0.2, -0.15) is 4.31 Å². The van der Waals surface area contributed by atoms with Gasteiger partial charge in [-0.25, -0.2) is 8.42 Å². The topological polar surface area (TPSA) is 66.9 Å². The van der Waals surface area contributed by atoms with Gasteiger partial charge in [0.25, 0.3) is 0 Å². The molecule has 0 aromatic heterocycles. The van der Waals surface area contributed by atoms with Crippen LogP contribution >= 0.6 is 0 Å². The average molecular weight is 409 g/mol. The molecule has 0 N–H and O–H groups in total. The zero-order valence-electron chi connectivity index (χ0n) is 17.5. The summed E-state index contributed by atoms with van der Waals surface area (Å²) in [5.41, 5.74) is 2.27. The third-order valence-corrected chi connectivity index (χ3v) is 8.49. The van der Waals surface area contributed by atoms with Crippen LogP contribution in [0.3, 0.4) is 0 Å². The standard InChI is InChI=1S/C21H32N2O4S/c1-15-14-19(27-4)16(2)17(3)20(15)28(25,26)23-12-10-22(11-13-23)21(24)18-8-6-5-7-9-18/h14,18H,5-13H2,1-4H3. The zero-order valence-corrected chi connectivity index (χ0v) is 18.3. The first kappa shape index (κ1) is 21.1. The fourth-order valence-electron chi connectivity index (χ4n) is 4.52. The van der Waals surface area contributed by atoms with E-state index in [0.717, 1.165) is 36.8 Å². The van der Waals surface area contributed by atoms with Crippen molar-refractivity contribution >= 4 is 15.9 Å². The summed E-state index contributed by atoms with van der Waals surface area (Å²) in [6.07, 6.45) is 5.41. The van der Waals surface area contributed by atoms with Crippen molar-refractivity contribution in [3.63, 3.8) is 0 Å². The number of nitrogens with zero attached hydrogens (tertiary/aromatic N) is 2. The van der Waals surface area contributed by atoms with E-state index in [0.29, 0.717) is 42.4 Å². The van der Waals surface area contributed by atoms with E-state index in [4.69, 9.17) is 4.74 Å². The molecule has 0 bridgehead atoms. The van der Waals surface area contributed by atoms with Crippen molar-refractivity contribution in [3.05, 3.63) is 22.8 Å². The van der Waals surface area contributed by atoms with Gasteiger partial charge in [-0.3, -0.25) is 4.79 Å². The monoisotopic (exact) mass is 408 g/mol. The molecule has 1 saturated heterocycles. The highest BCUT2D eigenvalue weighted by atomic mass is 32.2. The maximum atomic E-state index is 13.3. The SMILES string of the molecule is COc1cc(C)c(S(=O)(=O)N2CCN(C(=O)C3CCCCC3)CC2)c(C)c1C. The first-order valence-electron chi connectivity index (χ1n) is 10.2. The smallest absolute Gasteiger partial charge is 0.243 e. The van der Waals surface area contributed by atoms with Crippen molar-refractivity contribution in [2.45, 2.75) is 57.8 Å². The molecule has 0 unspecified atom stereocenters. The molecule has 2 fully saturated rings. The summed E-state index contributed by atoms with van der Waals surface area (Å²) in [6.45, 7) is 7.18. The second kappa shape index (κ2) is 8.41. The van der Waals surface area contributed by atoms with Crippen molar-refractivity contribution in [3.8, 4) is 5.75 Å². The summed E-state index contributed by atoms with van der Waals surface area (Å²) in [5.74, 6) is 1.05.